The zero-order valence-electron chi connectivity index (χ0n) is 13.7. The van der Waals surface area contributed by atoms with Crippen LogP contribution in [0.3, 0.4) is 0 Å². The number of carbonyl (C=O) groups is 1. The molecule has 1 amide bonds. The highest BCUT2D eigenvalue weighted by Gasteiger charge is 2.28. The Morgan fingerprint density at radius 2 is 2.35 bits per heavy atom. The average Bonchev–Trinajstić information content (AvgIpc) is 3.23. The number of hydrogen-bond acceptors (Lipinski definition) is 5. The van der Waals surface area contributed by atoms with Crippen molar-refractivity contribution in [2.75, 3.05) is 6.54 Å². The number of likely N-dealkylation sites (tertiary alicyclic amines) is 1. The molecule has 6 heteroatoms. The lowest BCUT2D eigenvalue weighted by molar-refractivity contribution is -0.136. The number of piperidine rings is 1. The molecule has 23 heavy (non-hydrogen) atoms. The van der Waals surface area contributed by atoms with E-state index in [2.05, 4.69) is 28.9 Å². The largest absolute Gasteiger partial charge is 0.339 e. The number of nitrogens with zero attached hydrogens (tertiary/aromatic N) is 3. The fraction of sp³-hybridized carbons (Fsp3) is 0.588. The van der Waals surface area contributed by atoms with E-state index in [0.29, 0.717) is 36.5 Å². The van der Waals surface area contributed by atoms with Gasteiger partial charge in [0.05, 0.1) is 4.88 Å². The summed E-state index contributed by atoms with van der Waals surface area (Å²) in [5.74, 6) is 1.87. The van der Waals surface area contributed by atoms with Gasteiger partial charge in [0, 0.05) is 25.4 Å². The molecule has 0 saturated carbocycles. The molecule has 124 valence electrons. The highest BCUT2D eigenvalue weighted by atomic mass is 32.1. The van der Waals surface area contributed by atoms with E-state index in [1.54, 1.807) is 11.3 Å². The van der Waals surface area contributed by atoms with Crippen LogP contribution in [0, 0.1) is 5.92 Å². The maximum atomic E-state index is 12.6. The molecule has 3 rings (SSSR count). The SMILES string of the molecule is CC(C)[C@H]1CCCCN1C(=O)CCc1nc(-c2cccs2)no1. The van der Waals surface area contributed by atoms with Crippen LogP contribution < -0.4 is 0 Å². The van der Waals surface area contributed by atoms with Gasteiger partial charge in [0.25, 0.3) is 0 Å². The van der Waals surface area contributed by atoms with Crippen molar-refractivity contribution in [3.63, 3.8) is 0 Å². The predicted octanol–water partition coefficient (Wildman–Crippen LogP) is 3.77. The Bertz CT molecular complexity index is 636. The maximum Gasteiger partial charge on any atom is 0.227 e. The average molecular weight is 333 g/mol. The Morgan fingerprint density at radius 1 is 1.48 bits per heavy atom. The van der Waals surface area contributed by atoms with E-state index in [1.807, 2.05) is 17.5 Å². The van der Waals surface area contributed by atoms with Crippen molar-refractivity contribution in [2.45, 2.75) is 52.0 Å². The summed E-state index contributed by atoms with van der Waals surface area (Å²) in [5.41, 5.74) is 0. The summed E-state index contributed by atoms with van der Waals surface area (Å²) in [7, 11) is 0. The van der Waals surface area contributed by atoms with Crippen molar-refractivity contribution in [3.05, 3.63) is 23.4 Å². The molecule has 0 aliphatic carbocycles. The van der Waals surface area contributed by atoms with E-state index in [9.17, 15) is 4.79 Å². The van der Waals surface area contributed by atoms with Gasteiger partial charge in [0.2, 0.25) is 17.6 Å². The molecule has 2 aromatic heterocycles. The summed E-state index contributed by atoms with van der Waals surface area (Å²) in [4.78, 5) is 20.0. The molecule has 0 aromatic carbocycles. The summed E-state index contributed by atoms with van der Waals surface area (Å²) >= 11 is 1.58. The second kappa shape index (κ2) is 7.25. The summed E-state index contributed by atoms with van der Waals surface area (Å²) < 4.78 is 5.28. The standard InChI is InChI=1S/C17H23N3O2S/c1-12(2)13-6-3-4-10-20(13)16(21)9-8-15-18-17(19-22-15)14-7-5-11-23-14/h5,7,11-13H,3-4,6,8-10H2,1-2H3/t13-/m1/s1. The highest BCUT2D eigenvalue weighted by Crippen LogP contribution is 2.25. The van der Waals surface area contributed by atoms with Gasteiger partial charge in [0.15, 0.2) is 0 Å². The number of hydrogen-bond donors (Lipinski definition) is 0. The van der Waals surface area contributed by atoms with Crippen LogP contribution in [0.15, 0.2) is 22.0 Å². The third-order valence-corrected chi connectivity index (χ3v) is 5.27. The number of carbonyl (C=O) groups excluding carboxylic acids is 1. The Kier molecular flexibility index (Phi) is 5.10. The number of rotatable bonds is 5. The molecule has 1 saturated heterocycles. The molecule has 2 aromatic rings. The van der Waals surface area contributed by atoms with Crippen LogP contribution in [0.25, 0.3) is 10.7 Å². The Morgan fingerprint density at radius 3 is 3.09 bits per heavy atom. The first-order valence-corrected chi connectivity index (χ1v) is 9.19. The van der Waals surface area contributed by atoms with E-state index >= 15 is 0 Å². The van der Waals surface area contributed by atoms with E-state index < -0.39 is 0 Å². The van der Waals surface area contributed by atoms with Gasteiger partial charge in [-0.05, 0) is 36.6 Å². The number of thiophene rings is 1. The van der Waals surface area contributed by atoms with Crippen molar-refractivity contribution < 1.29 is 9.32 Å². The third kappa shape index (κ3) is 3.80. The Labute approximate surface area is 140 Å². The first-order valence-electron chi connectivity index (χ1n) is 8.31. The Balaban J connectivity index is 1.58. The molecule has 1 aliphatic heterocycles. The van der Waals surface area contributed by atoms with Crippen molar-refractivity contribution in [2.24, 2.45) is 5.92 Å². The van der Waals surface area contributed by atoms with Gasteiger partial charge in [-0.15, -0.1) is 11.3 Å². The fourth-order valence-corrected chi connectivity index (χ4v) is 3.83. The van der Waals surface area contributed by atoms with E-state index in [1.165, 1.54) is 6.42 Å². The normalized spacial score (nSPS) is 18.6. The lowest BCUT2D eigenvalue weighted by atomic mass is 9.92. The van der Waals surface area contributed by atoms with Gasteiger partial charge in [-0.3, -0.25) is 4.79 Å². The van der Waals surface area contributed by atoms with Crippen molar-refractivity contribution in [3.8, 4) is 10.7 Å². The second-order valence-corrected chi connectivity index (χ2v) is 7.33. The molecule has 0 unspecified atom stereocenters. The molecule has 0 spiro atoms. The van der Waals surface area contributed by atoms with Crippen LogP contribution in [0.2, 0.25) is 0 Å². The smallest absolute Gasteiger partial charge is 0.227 e. The van der Waals surface area contributed by atoms with Crippen LogP contribution in [0.4, 0.5) is 0 Å². The third-order valence-electron chi connectivity index (χ3n) is 4.40. The monoisotopic (exact) mass is 333 g/mol. The summed E-state index contributed by atoms with van der Waals surface area (Å²) in [5, 5.41) is 5.98. The summed E-state index contributed by atoms with van der Waals surface area (Å²) in [6.45, 7) is 5.27. The number of aromatic nitrogens is 2. The molecule has 0 bridgehead atoms. The molecule has 0 N–H and O–H groups in total. The Hall–Kier alpha value is -1.69. The molecular weight excluding hydrogens is 310 g/mol. The van der Waals surface area contributed by atoms with Gasteiger partial charge in [-0.1, -0.05) is 25.1 Å². The van der Waals surface area contributed by atoms with Gasteiger partial charge in [0.1, 0.15) is 0 Å². The molecule has 5 nitrogen and oxygen atoms in total. The zero-order chi connectivity index (χ0) is 16.2. The van der Waals surface area contributed by atoms with E-state index in [-0.39, 0.29) is 5.91 Å². The highest BCUT2D eigenvalue weighted by molar-refractivity contribution is 7.13. The maximum absolute atomic E-state index is 12.6. The van der Waals surface area contributed by atoms with Gasteiger partial charge in [-0.2, -0.15) is 4.98 Å². The molecule has 3 heterocycles. The van der Waals surface area contributed by atoms with Crippen LogP contribution in [-0.4, -0.2) is 33.5 Å². The molecular formula is C17H23N3O2S. The van der Waals surface area contributed by atoms with Crippen LogP contribution in [-0.2, 0) is 11.2 Å². The van der Waals surface area contributed by atoms with E-state index in [0.717, 1.165) is 24.3 Å². The quantitative estimate of drug-likeness (QED) is 0.836. The molecule has 1 fully saturated rings. The lowest BCUT2D eigenvalue weighted by Crippen LogP contribution is -2.46. The fourth-order valence-electron chi connectivity index (χ4n) is 3.18. The van der Waals surface area contributed by atoms with Crippen molar-refractivity contribution in [1.82, 2.24) is 15.0 Å². The van der Waals surface area contributed by atoms with Crippen molar-refractivity contribution >= 4 is 17.2 Å². The predicted molar refractivity (Wildman–Crippen MR) is 90.1 cm³/mol. The minimum atomic E-state index is 0.208. The number of aryl methyl sites for hydroxylation is 1. The van der Waals surface area contributed by atoms with Crippen molar-refractivity contribution in [1.29, 1.82) is 0 Å². The van der Waals surface area contributed by atoms with Gasteiger partial charge in [-0.25, -0.2) is 0 Å². The number of amides is 1. The van der Waals surface area contributed by atoms with Crippen LogP contribution >= 0.6 is 11.3 Å². The molecule has 1 atom stereocenters. The first kappa shape index (κ1) is 16.2. The second-order valence-electron chi connectivity index (χ2n) is 6.38. The zero-order valence-corrected chi connectivity index (χ0v) is 14.5. The van der Waals surface area contributed by atoms with E-state index in [4.69, 9.17) is 4.52 Å². The minimum absolute atomic E-state index is 0.208. The van der Waals surface area contributed by atoms with Crippen LogP contribution in [0.5, 0.6) is 0 Å². The minimum Gasteiger partial charge on any atom is -0.339 e. The summed E-state index contributed by atoms with van der Waals surface area (Å²) in [6, 6.07) is 4.30. The van der Waals surface area contributed by atoms with Gasteiger partial charge >= 0.3 is 0 Å². The topological polar surface area (TPSA) is 59.2 Å². The lowest BCUT2D eigenvalue weighted by Gasteiger charge is -2.38. The first-order chi connectivity index (χ1) is 11.1. The molecule has 1 aliphatic rings. The summed E-state index contributed by atoms with van der Waals surface area (Å²) in [6.07, 6.45) is 4.40. The van der Waals surface area contributed by atoms with Crippen LogP contribution in [0.1, 0.15) is 45.4 Å². The molecule has 0 radical (unpaired) electrons. The van der Waals surface area contributed by atoms with Gasteiger partial charge < -0.3 is 9.42 Å².